The highest BCUT2D eigenvalue weighted by atomic mass is 15.0. The quantitative estimate of drug-likeness (QED) is 0.142. The van der Waals surface area contributed by atoms with E-state index in [4.69, 9.17) is 0 Å². The van der Waals surface area contributed by atoms with Crippen molar-refractivity contribution in [1.82, 2.24) is 59.8 Å². The number of benzene rings is 11. The van der Waals surface area contributed by atoms with Crippen LogP contribution in [-0.2, 0) is 0 Å². The van der Waals surface area contributed by atoms with Crippen LogP contribution in [0.5, 0.6) is 0 Å². The number of hydrogen-bond donors (Lipinski definition) is 0. The molecule has 8 heterocycles. The molecule has 0 aliphatic heterocycles. The van der Waals surface area contributed by atoms with Gasteiger partial charge in [-0.25, -0.2) is 34.9 Å². The van der Waals surface area contributed by atoms with Crippen LogP contribution in [0.25, 0.3) is 54.5 Å². The van der Waals surface area contributed by atoms with Gasteiger partial charge in [-0.05, 0) is 191 Å². The summed E-state index contributed by atoms with van der Waals surface area (Å²) in [5.41, 5.74) is 21.8. The molecule has 0 bridgehead atoms. The Morgan fingerprint density at radius 3 is 0.890 bits per heavy atom. The van der Waals surface area contributed by atoms with Crippen molar-refractivity contribution in [2.24, 2.45) is 0 Å². The zero-order chi connectivity index (χ0) is 84.4. The Morgan fingerprint density at radius 1 is 0.178 bits per heavy atom. The van der Waals surface area contributed by atoms with Gasteiger partial charge in [-0.1, -0.05) is 312 Å². The van der Waals surface area contributed by atoms with E-state index in [-0.39, 0.29) is 0 Å². The Kier molecular flexibility index (Phi) is 43.9. The number of aromatic nitrogens is 12. The third kappa shape index (κ3) is 40.4. The molecule has 12 heteroatoms. The highest BCUT2D eigenvalue weighted by Gasteiger charge is 1.97. The van der Waals surface area contributed by atoms with Gasteiger partial charge in [0.15, 0.2) is 0 Å². The Balaban J connectivity index is 0.000000198. The fourth-order valence-corrected chi connectivity index (χ4v) is 10.3. The molecule has 0 N–H and O–H groups in total. The van der Waals surface area contributed by atoms with Crippen LogP contribution in [0, 0.1) is 96.9 Å². The van der Waals surface area contributed by atoms with Crippen LogP contribution in [0.3, 0.4) is 0 Å². The molecule has 12 nitrogen and oxygen atoms in total. The van der Waals surface area contributed by atoms with Crippen molar-refractivity contribution < 1.29 is 0 Å². The first-order valence-electron chi connectivity index (χ1n) is 39.1. The van der Waals surface area contributed by atoms with E-state index in [1.54, 1.807) is 18.6 Å². The molecule has 11 aromatic carbocycles. The van der Waals surface area contributed by atoms with Gasteiger partial charge < -0.3 is 0 Å². The van der Waals surface area contributed by atoms with Gasteiger partial charge in [0.1, 0.15) is 31.1 Å². The molecule has 0 amide bonds. The summed E-state index contributed by atoms with van der Waals surface area (Å²) in [5, 5.41) is 6.09. The molecule has 19 aromatic rings. The summed E-state index contributed by atoms with van der Waals surface area (Å²) < 4.78 is 0. The maximum absolute atomic E-state index is 4.28. The third-order valence-corrected chi connectivity index (χ3v) is 16.7. The Labute approximate surface area is 699 Å². The number of pyridine rings is 5. The van der Waals surface area contributed by atoms with E-state index in [9.17, 15) is 0 Å². The van der Waals surface area contributed by atoms with Crippen molar-refractivity contribution in [2.75, 3.05) is 0 Å². The summed E-state index contributed by atoms with van der Waals surface area (Å²) in [6, 6.07) is 115. The maximum atomic E-state index is 4.28. The lowest BCUT2D eigenvalue weighted by molar-refractivity contribution is 0.974. The summed E-state index contributed by atoms with van der Waals surface area (Å²) in [4.78, 5) is 47.5. The summed E-state index contributed by atoms with van der Waals surface area (Å²) in [7, 11) is 0. The Bertz CT molecular complexity index is 4960. The van der Waals surface area contributed by atoms with Crippen LogP contribution in [0.2, 0.25) is 0 Å². The molecule has 118 heavy (non-hydrogen) atoms. The number of nitrogens with zero attached hydrogens (tertiary/aromatic N) is 12. The van der Waals surface area contributed by atoms with Crippen LogP contribution in [0.15, 0.2) is 415 Å². The minimum absolute atomic E-state index is 0.759. The van der Waals surface area contributed by atoms with Crippen molar-refractivity contribution in [2.45, 2.75) is 96.9 Å². The highest BCUT2D eigenvalue weighted by Crippen LogP contribution is 2.17. The molecular weight excluding hydrogens is 1440 g/mol. The van der Waals surface area contributed by atoms with Crippen LogP contribution in [0.1, 0.15) is 78.3 Å². The number of para-hydroxylation sites is 1. The van der Waals surface area contributed by atoms with Crippen molar-refractivity contribution in [1.29, 1.82) is 0 Å². The molecule has 0 saturated carbocycles. The number of rotatable bonds is 0. The molecule has 8 aromatic heterocycles. The monoisotopic (exact) mass is 1550 g/mol. The minimum atomic E-state index is 0.759. The van der Waals surface area contributed by atoms with Crippen LogP contribution in [-0.4, -0.2) is 59.8 Å². The molecule has 0 atom stereocenters. The average molecular weight is 1550 g/mol. The van der Waals surface area contributed by atoms with Gasteiger partial charge in [-0.2, -0.15) is 0 Å². The van der Waals surface area contributed by atoms with Crippen molar-refractivity contribution >= 4 is 54.5 Å². The zero-order valence-electron chi connectivity index (χ0n) is 70.6. The fraction of sp³-hybridized carbons (Fsp3) is 0.132. The lowest BCUT2D eigenvalue weighted by atomic mass is 10.1. The molecule has 0 aliphatic rings. The molecule has 594 valence electrons. The number of hydrogen-bond acceptors (Lipinski definition) is 12. The molecular formula is C106H110N12. The molecule has 0 saturated heterocycles. The van der Waals surface area contributed by atoms with E-state index in [0.29, 0.717) is 0 Å². The standard InChI is InChI=1S/5C10H9N.6C7H8.2C5H6N2.C4H5N3/c1-8-4-2-6-10-9(8)5-3-7-11-10;1-8-4-2-5-9-6-3-7-11-10(8)9;1-8-4-5-10-9(7-8)3-2-6-11-10;2*1-8-4-5-9-3-2-6-11-10(9)7-8;6*1-7-5-3-2-4-6-7;1-5-2-6-4-7-3-5;1-5-2-3-6-4-7-5;1-4-6-2-5-3-7-4/h5*2-7H,1H3;6*2-6H,1H3;2*2-4H,1H3;2-3H,1H3. The molecule has 0 unspecified atom stereocenters. The lowest BCUT2D eigenvalue weighted by Gasteiger charge is -1.97. The van der Waals surface area contributed by atoms with E-state index in [0.717, 1.165) is 44.7 Å². The first kappa shape index (κ1) is 92.5. The average Bonchev–Trinajstić information content (AvgIpc) is 0.824. The van der Waals surface area contributed by atoms with Crippen molar-refractivity contribution in [3.63, 3.8) is 0 Å². The van der Waals surface area contributed by atoms with Gasteiger partial charge in [0.05, 0.1) is 27.6 Å². The predicted octanol–water partition coefficient (Wildman–Crippen LogP) is 26.4. The predicted molar refractivity (Wildman–Crippen MR) is 498 cm³/mol. The largest absolute Gasteiger partial charge is 0.256 e. The van der Waals surface area contributed by atoms with Gasteiger partial charge in [-0.15, -0.1) is 0 Å². The first-order chi connectivity index (χ1) is 57.4. The highest BCUT2D eigenvalue weighted by molar-refractivity contribution is 5.83. The van der Waals surface area contributed by atoms with Gasteiger partial charge in [0.2, 0.25) is 0 Å². The van der Waals surface area contributed by atoms with E-state index in [1.807, 2.05) is 216 Å². The second kappa shape index (κ2) is 56.0. The van der Waals surface area contributed by atoms with E-state index >= 15 is 0 Å². The summed E-state index contributed by atoms with van der Waals surface area (Å²) >= 11 is 0. The Morgan fingerprint density at radius 2 is 0.534 bits per heavy atom. The van der Waals surface area contributed by atoms with E-state index in [1.165, 1.54) is 113 Å². The normalized spacial score (nSPS) is 9.44. The second-order valence-corrected chi connectivity index (χ2v) is 27.3. The number of fused-ring (bicyclic) bond motifs is 5. The minimum Gasteiger partial charge on any atom is -0.256 e. The smallest absolute Gasteiger partial charge is 0.128 e. The van der Waals surface area contributed by atoms with Crippen molar-refractivity contribution in [3.05, 3.63) is 493 Å². The van der Waals surface area contributed by atoms with Crippen LogP contribution >= 0.6 is 0 Å². The molecule has 0 spiro atoms. The van der Waals surface area contributed by atoms with Gasteiger partial charge in [0.25, 0.3) is 0 Å². The fourth-order valence-electron chi connectivity index (χ4n) is 10.3. The van der Waals surface area contributed by atoms with Crippen LogP contribution in [0.4, 0.5) is 0 Å². The second-order valence-electron chi connectivity index (χ2n) is 27.3. The molecule has 0 radical (unpaired) electrons. The Hall–Kier alpha value is -14.4. The summed E-state index contributed by atoms with van der Waals surface area (Å²) in [5.74, 6) is 0.759. The summed E-state index contributed by atoms with van der Waals surface area (Å²) in [6.45, 7) is 28.6. The molecule has 19 rings (SSSR count). The number of aryl methyl sites for hydroxylation is 14. The summed E-state index contributed by atoms with van der Waals surface area (Å²) in [6.07, 6.45) is 20.4. The molecule has 0 aliphatic carbocycles. The maximum Gasteiger partial charge on any atom is 0.128 e. The van der Waals surface area contributed by atoms with Crippen molar-refractivity contribution in [3.8, 4) is 0 Å². The zero-order valence-corrected chi connectivity index (χ0v) is 70.6. The van der Waals surface area contributed by atoms with Crippen LogP contribution < -0.4 is 0 Å². The molecule has 0 fully saturated rings. The topological polar surface area (TPSA) is 155 Å². The van der Waals surface area contributed by atoms with Gasteiger partial charge >= 0.3 is 0 Å². The van der Waals surface area contributed by atoms with Gasteiger partial charge in [-0.3, -0.25) is 24.9 Å². The van der Waals surface area contributed by atoms with E-state index < -0.39 is 0 Å². The lowest BCUT2D eigenvalue weighted by Crippen LogP contribution is -1.84. The third-order valence-electron chi connectivity index (χ3n) is 16.7. The van der Waals surface area contributed by atoms with Gasteiger partial charge in [0, 0.05) is 82.2 Å². The van der Waals surface area contributed by atoms with E-state index in [2.05, 4.69) is 312 Å². The first-order valence-corrected chi connectivity index (χ1v) is 39.1. The SMILES string of the molecule is Cc1ccc2cccnc2c1.Cc1ccc2cccnc2c1.Cc1ccc2ncccc2c1.Cc1cccc2cccnc12.Cc1cccc2ncccc12.Cc1ccccc1.Cc1ccccc1.Cc1ccccc1.Cc1ccccc1.Cc1ccccc1.Cc1ccccc1.Cc1ccncn1.Cc1cncnc1.Cc1ncncn1.